The summed E-state index contributed by atoms with van der Waals surface area (Å²) >= 11 is 6.03. The fourth-order valence-electron chi connectivity index (χ4n) is 2.29. The van der Waals surface area contributed by atoms with Crippen molar-refractivity contribution in [1.29, 1.82) is 0 Å². The number of rotatable bonds is 2. The Hall–Kier alpha value is -2.20. The summed E-state index contributed by atoms with van der Waals surface area (Å²) in [5.41, 5.74) is 2.38. The van der Waals surface area contributed by atoms with Crippen molar-refractivity contribution in [2.75, 3.05) is 7.11 Å². The number of benzene rings is 2. The molecule has 5 heteroatoms. The van der Waals surface area contributed by atoms with Gasteiger partial charge in [0.25, 0.3) is 0 Å². The van der Waals surface area contributed by atoms with Gasteiger partial charge in [-0.05, 0) is 35.9 Å². The summed E-state index contributed by atoms with van der Waals surface area (Å²) in [5, 5.41) is 1.43. The molecular formula is C16H12BClO3. The van der Waals surface area contributed by atoms with Gasteiger partial charge in [-0.2, -0.15) is 0 Å². The highest BCUT2D eigenvalue weighted by atomic mass is 35.5. The standard InChI is InChI=1S/C16H12BClO3/c1-20-11-4-2-9-6-13(16(19)21-15(9)8-11)12-7-10(18)3-5-14(12)17/h2-8H,17H2,1H3. The Bertz CT molecular complexity index is 886. The van der Waals surface area contributed by atoms with Crippen LogP contribution in [0, 0.1) is 0 Å². The Kier molecular flexibility index (Phi) is 3.48. The van der Waals surface area contributed by atoms with E-state index in [-0.39, 0.29) is 5.63 Å². The molecule has 0 unspecified atom stereocenters. The highest BCUT2D eigenvalue weighted by Gasteiger charge is 2.11. The van der Waals surface area contributed by atoms with Crippen LogP contribution in [0.4, 0.5) is 0 Å². The minimum Gasteiger partial charge on any atom is -0.497 e. The van der Waals surface area contributed by atoms with Crippen molar-refractivity contribution >= 4 is 35.9 Å². The monoisotopic (exact) mass is 298 g/mol. The average molecular weight is 299 g/mol. The maximum absolute atomic E-state index is 12.2. The van der Waals surface area contributed by atoms with Gasteiger partial charge < -0.3 is 9.15 Å². The molecule has 0 spiro atoms. The lowest BCUT2D eigenvalue weighted by atomic mass is 9.87. The molecule has 0 aliphatic heterocycles. The van der Waals surface area contributed by atoms with Gasteiger partial charge in [0.2, 0.25) is 0 Å². The van der Waals surface area contributed by atoms with Crippen LogP contribution in [0.3, 0.4) is 0 Å². The molecule has 21 heavy (non-hydrogen) atoms. The smallest absolute Gasteiger partial charge is 0.344 e. The Morgan fingerprint density at radius 3 is 2.67 bits per heavy atom. The summed E-state index contributed by atoms with van der Waals surface area (Å²) in [6, 6.07) is 12.7. The van der Waals surface area contributed by atoms with Crippen molar-refractivity contribution in [2.45, 2.75) is 0 Å². The molecule has 1 heterocycles. The zero-order chi connectivity index (χ0) is 15.0. The minimum absolute atomic E-state index is 0.388. The van der Waals surface area contributed by atoms with E-state index < -0.39 is 0 Å². The van der Waals surface area contributed by atoms with E-state index in [1.807, 2.05) is 32.1 Å². The molecule has 0 saturated heterocycles. The molecule has 0 radical (unpaired) electrons. The van der Waals surface area contributed by atoms with Gasteiger partial charge >= 0.3 is 5.63 Å². The summed E-state index contributed by atoms with van der Waals surface area (Å²) in [7, 11) is 3.51. The number of hydrogen-bond acceptors (Lipinski definition) is 3. The lowest BCUT2D eigenvalue weighted by Gasteiger charge is -2.07. The predicted octanol–water partition coefficient (Wildman–Crippen LogP) is 2.38. The highest BCUT2D eigenvalue weighted by Crippen LogP contribution is 2.24. The fraction of sp³-hybridized carbons (Fsp3) is 0.0625. The third-order valence-corrected chi connectivity index (χ3v) is 3.67. The van der Waals surface area contributed by atoms with Gasteiger partial charge in [-0.15, -0.1) is 0 Å². The van der Waals surface area contributed by atoms with Crippen LogP contribution in [0.1, 0.15) is 0 Å². The quantitative estimate of drug-likeness (QED) is 0.539. The van der Waals surface area contributed by atoms with E-state index >= 15 is 0 Å². The fourth-order valence-corrected chi connectivity index (χ4v) is 2.46. The zero-order valence-electron chi connectivity index (χ0n) is 11.6. The first-order valence-electron chi connectivity index (χ1n) is 6.47. The van der Waals surface area contributed by atoms with E-state index in [1.165, 1.54) is 0 Å². The van der Waals surface area contributed by atoms with Gasteiger partial charge in [0.05, 0.1) is 12.7 Å². The summed E-state index contributed by atoms with van der Waals surface area (Å²) in [4.78, 5) is 12.2. The van der Waals surface area contributed by atoms with E-state index in [9.17, 15) is 4.79 Å². The molecule has 0 N–H and O–H groups in total. The molecule has 3 nitrogen and oxygen atoms in total. The SMILES string of the molecule is Bc1ccc(Cl)cc1-c1cc2ccc(OC)cc2oc1=O. The van der Waals surface area contributed by atoms with Gasteiger partial charge in [-0.25, -0.2) is 4.79 Å². The lowest BCUT2D eigenvalue weighted by molar-refractivity contribution is 0.414. The molecule has 3 aromatic rings. The van der Waals surface area contributed by atoms with E-state index in [0.29, 0.717) is 21.9 Å². The lowest BCUT2D eigenvalue weighted by Crippen LogP contribution is -2.12. The second kappa shape index (κ2) is 5.30. The maximum atomic E-state index is 12.2. The Morgan fingerprint density at radius 2 is 1.90 bits per heavy atom. The molecule has 104 valence electrons. The van der Waals surface area contributed by atoms with Crippen molar-refractivity contribution in [3.8, 4) is 16.9 Å². The van der Waals surface area contributed by atoms with E-state index in [2.05, 4.69) is 0 Å². The van der Waals surface area contributed by atoms with Crippen LogP contribution in [-0.4, -0.2) is 15.0 Å². The summed E-state index contributed by atoms with van der Waals surface area (Å²) < 4.78 is 10.5. The number of ether oxygens (including phenoxy) is 1. The second-order valence-corrected chi connectivity index (χ2v) is 5.25. The summed E-state index contributed by atoms with van der Waals surface area (Å²) in [6.07, 6.45) is 0. The third kappa shape index (κ3) is 2.54. The first kappa shape index (κ1) is 13.8. The van der Waals surface area contributed by atoms with Crippen molar-refractivity contribution in [1.82, 2.24) is 0 Å². The number of fused-ring (bicyclic) bond motifs is 1. The van der Waals surface area contributed by atoms with Crippen LogP contribution in [0.15, 0.2) is 51.7 Å². The normalized spacial score (nSPS) is 10.8. The molecule has 1 aromatic heterocycles. The molecule has 3 rings (SSSR count). The molecule has 0 fully saturated rings. The highest BCUT2D eigenvalue weighted by molar-refractivity contribution is 6.37. The van der Waals surface area contributed by atoms with Crippen LogP contribution in [0.25, 0.3) is 22.1 Å². The van der Waals surface area contributed by atoms with Gasteiger partial charge in [-0.3, -0.25) is 0 Å². The minimum atomic E-state index is -0.388. The number of methoxy groups -OCH3 is 1. The number of hydrogen-bond donors (Lipinski definition) is 0. The maximum Gasteiger partial charge on any atom is 0.344 e. The predicted molar refractivity (Wildman–Crippen MR) is 87.7 cm³/mol. The van der Waals surface area contributed by atoms with Crippen molar-refractivity contribution in [3.63, 3.8) is 0 Å². The first-order valence-corrected chi connectivity index (χ1v) is 6.85. The van der Waals surface area contributed by atoms with Crippen molar-refractivity contribution in [2.24, 2.45) is 0 Å². The Morgan fingerprint density at radius 1 is 1.10 bits per heavy atom. The van der Waals surface area contributed by atoms with E-state index in [1.54, 1.807) is 25.3 Å². The van der Waals surface area contributed by atoms with Crippen LogP contribution in [0.5, 0.6) is 5.75 Å². The van der Waals surface area contributed by atoms with Gasteiger partial charge in [0.1, 0.15) is 19.2 Å². The average Bonchev–Trinajstić information content (AvgIpc) is 2.48. The van der Waals surface area contributed by atoms with E-state index in [4.69, 9.17) is 20.8 Å². The topological polar surface area (TPSA) is 39.4 Å². The van der Waals surface area contributed by atoms with Crippen LogP contribution < -0.4 is 15.8 Å². The third-order valence-electron chi connectivity index (χ3n) is 3.43. The van der Waals surface area contributed by atoms with Gasteiger partial charge in [0.15, 0.2) is 0 Å². The molecular weight excluding hydrogens is 286 g/mol. The zero-order valence-corrected chi connectivity index (χ0v) is 12.4. The van der Waals surface area contributed by atoms with Gasteiger partial charge in [-0.1, -0.05) is 23.1 Å². The molecule has 2 aromatic carbocycles. The Labute approximate surface area is 127 Å². The molecule has 0 bridgehead atoms. The van der Waals surface area contributed by atoms with Crippen molar-refractivity contribution < 1.29 is 9.15 Å². The second-order valence-electron chi connectivity index (χ2n) is 4.81. The Balaban J connectivity index is 2.26. The first-order chi connectivity index (χ1) is 10.1. The van der Waals surface area contributed by atoms with Crippen molar-refractivity contribution in [3.05, 3.63) is 57.9 Å². The molecule has 0 aliphatic rings. The molecule has 0 atom stereocenters. The largest absolute Gasteiger partial charge is 0.497 e. The number of halogens is 1. The molecule has 0 saturated carbocycles. The van der Waals surface area contributed by atoms with Crippen LogP contribution >= 0.6 is 11.6 Å². The van der Waals surface area contributed by atoms with Crippen LogP contribution in [-0.2, 0) is 0 Å². The molecule has 0 aliphatic carbocycles. The summed E-state index contributed by atoms with van der Waals surface area (Å²) in [5.74, 6) is 0.650. The molecule has 0 amide bonds. The van der Waals surface area contributed by atoms with E-state index in [0.717, 1.165) is 16.4 Å². The summed E-state index contributed by atoms with van der Waals surface area (Å²) in [6.45, 7) is 0. The van der Waals surface area contributed by atoms with Gasteiger partial charge in [0, 0.05) is 16.5 Å². The van der Waals surface area contributed by atoms with Crippen LogP contribution in [0.2, 0.25) is 5.02 Å².